The van der Waals surface area contributed by atoms with Crippen LogP contribution in [0.15, 0.2) is 0 Å². The third-order valence-corrected chi connectivity index (χ3v) is 0. The van der Waals surface area contributed by atoms with Gasteiger partial charge in [-0.05, 0) is 0 Å². The van der Waals surface area contributed by atoms with Gasteiger partial charge >= 0.3 is 18.6 Å². The maximum atomic E-state index is 8.85. The summed E-state index contributed by atoms with van der Waals surface area (Å²) in [6.45, 7) is 0. The first-order valence-corrected chi connectivity index (χ1v) is 11.0. The van der Waals surface area contributed by atoms with E-state index in [0.717, 1.165) is 0 Å². The van der Waals surface area contributed by atoms with Crippen LogP contribution in [0.5, 0.6) is 0 Å². The van der Waals surface area contributed by atoms with Gasteiger partial charge in [0.2, 0.25) is 0 Å². The summed E-state index contributed by atoms with van der Waals surface area (Å²) < 4.78 is 133. The van der Waals surface area contributed by atoms with Gasteiger partial charge in [-0.15, -0.1) is 0 Å². The SMILES string of the molecule is NS(=O)(=O)[O-].NS(=O)(=O)[O-].NS(=O)(=O)[O-].NS(=O)(=O)[O-].NS(=O)(=O)[O-].[V+5]. The summed E-state index contributed by atoms with van der Waals surface area (Å²) >= 11 is 0. The van der Waals surface area contributed by atoms with Crippen molar-refractivity contribution >= 4 is 51.5 Å². The van der Waals surface area contributed by atoms with Gasteiger partial charge in [0.15, 0.2) is 51.5 Å². The summed E-state index contributed by atoms with van der Waals surface area (Å²) in [5.74, 6) is 0. The van der Waals surface area contributed by atoms with Crippen LogP contribution in [0.3, 0.4) is 0 Å². The minimum absolute atomic E-state index is 0. The van der Waals surface area contributed by atoms with Gasteiger partial charge in [-0.2, -0.15) is 0 Å². The van der Waals surface area contributed by atoms with Crippen molar-refractivity contribution in [2.45, 2.75) is 0 Å². The van der Waals surface area contributed by atoms with Gasteiger partial charge in [0.05, 0.1) is 0 Å². The van der Waals surface area contributed by atoms with E-state index >= 15 is 0 Å². The van der Waals surface area contributed by atoms with Crippen LogP contribution in [0.25, 0.3) is 0 Å². The van der Waals surface area contributed by atoms with Crippen molar-refractivity contribution in [2.24, 2.45) is 25.7 Å². The molecule has 0 aromatic carbocycles. The number of nitrogens with two attached hydrogens (primary N) is 5. The van der Waals surface area contributed by atoms with Gasteiger partial charge in [-0.1, -0.05) is 0 Å². The average Bonchev–Trinajstić information content (AvgIpc) is 1.79. The first kappa shape index (κ1) is 40.6. The van der Waals surface area contributed by atoms with Crippen molar-refractivity contribution < 1.29 is 83.4 Å². The van der Waals surface area contributed by atoms with Crippen molar-refractivity contribution in [3.63, 3.8) is 0 Å². The Morgan fingerprint density at radius 2 is 0.346 bits per heavy atom. The van der Waals surface area contributed by atoms with Gasteiger partial charge in [-0.3, -0.25) is 0 Å². The molecule has 26 heteroatoms. The van der Waals surface area contributed by atoms with Crippen molar-refractivity contribution in [1.82, 2.24) is 0 Å². The summed E-state index contributed by atoms with van der Waals surface area (Å²) in [6.07, 6.45) is 0. The zero-order valence-electron chi connectivity index (χ0n) is 11.5. The normalized spacial score (nSPS) is 11.2. The van der Waals surface area contributed by atoms with E-state index in [1.54, 1.807) is 0 Å². The van der Waals surface area contributed by atoms with E-state index in [4.69, 9.17) is 64.9 Å². The van der Waals surface area contributed by atoms with Crippen LogP contribution in [0, 0.1) is 0 Å². The molecule has 0 aliphatic rings. The zero-order chi connectivity index (χ0) is 22.5. The molecule has 160 valence electrons. The molecule has 0 aliphatic heterocycles. The molecule has 0 bridgehead atoms. The van der Waals surface area contributed by atoms with E-state index in [-0.39, 0.29) is 18.6 Å². The maximum absolute atomic E-state index is 8.85. The van der Waals surface area contributed by atoms with E-state index in [2.05, 4.69) is 25.7 Å². The Morgan fingerprint density at radius 3 is 0.346 bits per heavy atom. The van der Waals surface area contributed by atoms with Gasteiger partial charge in [-0.25, -0.2) is 67.8 Å². The van der Waals surface area contributed by atoms with Crippen LogP contribution in [0.2, 0.25) is 0 Å². The number of hydrogen-bond donors (Lipinski definition) is 5. The standard InChI is InChI=1S/5H3NO3S.V/c5*1-5(2,3)4;/h5*(H3,1,2,3,4);/q;;;;;+5/p-5. The topological polar surface area (TPSA) is 416 Å². The minimum Gasteiger partial charge on any atom is -0.736 e. The molecule has 0 aliphatic carbocycles. The first-order chi connectivity index (χ1) is 10.0. The molecule has 0 fully saturated rings. The largest absolute Gasteiger partial charge is 5.00 e. The molecule has 0 amide bonds. The van der Waals surface area contributed by atoms with Gasteiger partial charge in [0.1, 0.15) is 0 Å². The Morgan fingerprint density at radius 1 is 0.346 bits per heavy atom. The second-order valence-electron chi connectivity index (χ2n) is 2.46. The summed E-state index contributed by atoms with van der Waals surface area (Å²) in [7, 11) is -22.1. The van der Waals surface area contributed by atoms with Crippen molar-refractivity contribution in [3.05, 3.63) is 0 Å². The molecule has 20 nitrogen and oxygen atoms in total. The second-order valence-corrected chi connectivity index (χ2v) is 7.39. The molecule has 0 radical (unpaired) electrons. The van der Waals surface area contributed by atoms with Crippen molar-refractivity contribution in [2.75, 3.05) is 0 Å². The molecule has 26 heavy (non-hydrogen) atoms. The monoisotopic (exact) mass is 531 g/mol. The predicted octanol–water partition coefficient (Wildman–Crippen LogP) is -7.98. The average molecular weight is 531 g/mol. The summed E-state index contributed by atoms with van der Waals surface area (Å²) in [5, 5.41) is 18.9. The van der Waals surface area contributed by atoms with Gasteiger partial charge in [0.25, 0.3) is 0 Å². The molecule has 0 heterocycles. The van der Waals surface area contributed by atoms with E-state index in [1.165, 1.54) is 0 Å². The Bertz CT molecular complexity index is 631. The van der Waals surface area contributed by atoms with E-state index in [0.29, 0.717) is 0 Å². The van der Waals surface area contributed by atoms with E-state index in [1.807, 2.05) is 0 Å². The number of rotatable bonds is 0. The van der Waals surface area contributed by atoms with Crippen molar-refractivity contribution in [1.29, 1.82) is 0 Å². The molecule has 0 aromatic heterocycles. The third-order valence-electron chi connectivity index (χ3n) is 0. The van der Waals surface area contributed by atoms with E-state index in [9.17, 15) is 0 Å². The Balaban J connectivity index is -0.0000000476. The molecule has 0 spiro atoms. The third kappa shape index (κ3) is 2930000. The van der Waals surface area contributed by atoms with Crippen LogP contribution < -0.4 is 25.7 Å². The molecule has 0 saturated heterocycles. The molecular weight excluding hydrogens is 521 g/mol. The fraction of sp³-hybridized carbons (Fsp3) is 0. The molecule has 0 rings (SSSR count). The van der Waals surface area contributed by atoms with E-state index < -0.39 is 51.5 Å². The molecule has 0 unspecified atom stereocenters. The summed E-state index contributed by atoms with van der Waals surface area (Å²) in [6, 6.07) is 0. The van der Waals surface area contributed by atoms with Gasteiger partial charge in [0, 0.05) is 0 Å². The van der Waals surface area contributed by atoms with Crippen LogP contribution >= 0.6 is 0 Å². The summed E-state index contributed by atoms with van der Waals surface area (Å²) in [5.41, 5.74) is 0. The van der Waals surface area contributed by atoms with Crippen LogP contribution in [-0.2, 0) is 70.1 Å². The van der Waals surface area contributed by atoms with Crippen molar-refractivity contribution in [3.8, 4) is 0 Å². The molecule has 0 saturated carbocycles. The van der Waals surface area contributed by atoms with Crippen LogP contribution in [0.4, 0.5) is 0 Å². The van der Waals surface area contributed by atoms with Crippen LogP contribution in [-0.4, -0.2) is 64.9 Å². The molecule has 0 atom stereocenters. The molecule has 0 aromatic rings. The van der Waals surface area contributed by atoms with Gasteiger partial charge < -0.3 is 22.8 Å². The van der Waals surface area contributed by atoms with Crippen LogP contribution in [0.1, 0.15) is 0 Å². The smallest absolute Gasteiger partial charge is 0.736 e. The quantitative estimate of drug-likeness (QED) is 0.181. The second kappa shape index (κ2) is 15.9. The fourth-order valence-corrected chi connectivity index (χ4v) is 0. The predicted molar refractivity (Wildman–Crippen MR) is 69.4 cm³/mol. The fourth-order valence-electron chi connectivity index (χ4n) is 0. The minimum atomic E-state index is -4.42. The Hall–Kier alpha value is -0.0656. The first-order valence-electron chi connectivity index (χ1n) is 3.68. The molecule has 10 N–H and O–H groups in total. The molecular formula is H10N5O15S5V. The summed E-state index contributed by atoms with van der Waals surface area (Å²) in [4.78, 5) is 0. The number of hydrogen-bond acceptors (Lipinski definition) is 15. The Labute approximate surface area is 160 Å². The zero-order valence-corrected chi connectivity index (χ0v) is 17.0. The Kier molecular flexibility index (Phi) is 24.9. The maximum Gasteiger partial charge on any atom is 5.00 e.